The molecule has 1 saturated carbocycles. The van der Waals surface area contributed by atoms with Crippen LogP contribution in [0.15, 0.2) is 23.1 Å². The Balaban J connectivity index is 1.94. The Morgan fingerprint density at radius 3 is 2.81 bits per heavy atom. The van der Waals surface area contributed by atoms with Crippen LogP contribution in [0.25, 0.3) is 11.5 Å². The number of hydrogen-bond donors (Lipinski definition) is 1. The minimum atomic E-state index is -0.423. The van der Waals surface area contributed by atoms with Gasteiger partial charge < -0.3 is 10.3 Å². The number of rotatable bonds is 2. The van der Waals surface area contributed by atoms with Gasteiger partial charge in [-0.2, -0.15) is 4.98 Å². The van der Waals surface area contributed by atoms with Gasteiger partial charge in [0.25, 0.3) is 0 Å². The van der Waals surface area contributed by atoms with E-state index in [1.165, 1.54) is 0 Å². The number of aromatic nitrogens is 4. The summed E-state index contributed by atoms with van der Waals surface area (Å²) in [6.45, 7) is 0. The van der Waals surface area contributed by atoms with Crippen LogP contribution in [0, 0.1) is 0 Å². The smallest absolute Gasteiger partial charge is 0.247 e. The van der Waals surface area contributed by atoms with Crippen LogP contribution in [0.4, 0.5) is 0 Å². The second-order valence-electron chi connectivity index (χ2n) is 4.02. The molecule has 1 aliphatic rings. The summed E-state index contributed by atoms with van der Waals surface area (Å²) in [4.78, 5) is 12.3. The molecule has 0 unspecified atom stereocenters. The van der Waals surface area contributed by atoms with Crippen molar-refractivity contribution in [1.29, 1.82) is 0 Å². The van der Waals surface area contributed by atoms with E-state index >= 15 is 0 Å². The number of nitrogens with zero attached hydrogens (tertiary/aromatic N) is 4. The van der Waals surface area contributed by atoms with Crippen molar-refractivity contribution in [2.75, 3.05) is 0 Å². The van der Waals surface area contributed by atoms with Crippen molar-refractivity contribution >= 4 is 0 Å². The van der Waals surface area contributed by atoms with Crippen LogP contribution >= 0.6 is 0 Å². The minimum absolute atomic E-state index is 0.423. The number of nitrogens with two attached hydrogens (primary N) is 1. The first-order chi connectivity index (χ1) is 7.78. The maximum absolute atomic E-state index is 6.08. The highest BCUT2D eigenvalue weighted by molar-refractivity contribution is 5.45. The SMILES string of the molecule is NC1(c2nc(-c3cnccn3)no2)CCC1. The lowest BCUT2D eigenvalue weighted by Crippen LogP contribution is -2.43. The molecule has 0 aliphatic heterocycles. The molecule has 0 amide bonds. The van der Waals surface area contributed by atoms with Gasteiger partial charge in [0.15, 0.2) is 0 Å². The highest BCUT2D eigenvalue weighted by Gasteiger charge is 2.40. The van der Waals surface area contributed by atoms with Crippen molar-refractivity contribution in [3.63, 3.8) is 0 Å². The van der Waals surface area contributed by atoms with Crippen LogP contribution in [-0.4, -0.2) is 20.1 Å². The minimum Gasteiger partial charge on any atom is -0.337 e. The van der Waals surface area contributed by atoms with E-state index in [4.69, 9.17) is 10.3 Å². The number of hydrogen-bond acceptors (Lipinski definition) is 6. The summed E-state index contributed by atoms with van der Waals surface area (Å²) in [7, 11) is 0. The van der Waals surface area contributed by atoms with Gasteiger partial charge in [-0.15, -0.1) is 0 Å². The van der Waals surface area contributed by atoms with Crippen LogP contribution < -0.4 is 5.73 Å². The van der Waals surface area contributed by atoms with E-state index in [-0.39, 0.29) is 0 Å². The van der Waals surface area contributed by atoms with Gasteiger partial charge in [0, 0.05) is 12.4 Å². The largest absolute Gasteiger partial charge is 0.337 e. The molecular weight excluding hydrogens is 206 g/mol. The summed E-state index contributed by atoms with van der Waals surface area (Å²) in [6.07, 6.45) is 7.69. The Morgan fingerprint density at radius 2 is 2.19 bits per heavy atom. The Hall–Kier alpha value is -1.82. The lowest BCUT2D eigenvalue weighted by atomic mass is 9.78. The average molecular weight is 217 g/mol. The van der Waals surface area contributed by atoms with E-state index in [2.05, 4.69) is 20.1 Å². The lowest BCUT2D eigenvalue weighted by Gasteiger charge is -2.33. The zero-order valence-corrected chi connectivity index (χ0v) is 8.63. The third kappa shape index (κ3) is 1.38. The summed E-state index contributed by atoms with van der Waals surface area (Å²) in [5, 5.41) is 3.87. The van der Waals surface area contributed by atoms with Gasteiger partial charge in [-0.05, 0) is 19.3 Å². The van der Waals surface area contributed by atoms with Crippen molar-refractivity contribution in [2.24, 2.45) is 5.73 Å². The van der Waals surface area contributed by atoms with Gasteiger partial charge in [0.1, 0.15) is 5.69 Å². The summed E-state index contributed by atoms with van der Waals surface area (Å²) >= 11 is 0. The van der Waals surface area contributed by atoms with E-state index in [0.717, 1.165) is 19.3 Å². The summed E-state index contributed by atoms with van der Waals surface area (Å²) < 4.78 is 5.17. The predicted molar refractivity (Wildman–Crippen MR) is 55.0 cm³/mol. The predicted octanol–water partition coefficient (Wildman–Crippen LogP) is 0.865. The second-order valence-corrected chi connectivity index (χ2v) is 4.02. The highest BCUT2D eigenvalue weighted by atomic mass is 16.5. The van der Waals surface area contributed by atoms with Gasteiger partial charge >= 0.3 is 0 Å². The summed E-state index contributed by atoms with van der Waals surface area (Å²) in [5.41, 5.74) is 6.26. The molecule has 2 aromatic rings. The molecule has 6 nitrogen and oxygen atoms in total. The first kappa shape index (κ1) is 9.41. The fourth-order valence-electron chi connectivity index (χ4n) is 1.72. The molecule has 2 heterocycles. The van der Waals surface area contributed by atoms with Gasteiger partial charge in [-0.3, -0.25) is 4.98 Å². The molecule has 16 heavy (non-hydrogen) atoms. The lowest BCUT2D eigenvalue weighted by molar-refractivity contribution is 0.181. The molecule has 0 atom stereocenters. The van der Waals surface area contributed by atoms with Gasteiger partial charge in [0.05, 0.1) is 11.7 Å². The molecule has 1 aliphatic carbocycles. The molecule has 0 radical (unpaired) electrons. The molecule has 0 spiro atoms. The molecule has 0 aromatic carbocycles. The molecule has 3 rings (SSSR count). The first-order valence-electron chi connectivity index (χ1n) is 5.17. The molecule has 2 N–H and O–H groups in total. The molecule has 82 valence electrons. The molecule has 2 aromatic heterocycles. The molecular formula is C10H11N5O. The molecule has 1 fully saturated rings. The maximum Gasteiger partial charge on any atom is 0.247 e. The van der Waals surface area contributed by atoms with E-state index in [0.29, 0.717) is 17.4 Å². The zero-order chi connectivity index (χ0) is 11.0. The topological polar surface area (TPSA) is 90.7 Å². The van der Waals surface area contributed by atoms with Crippen molar-refractivity contribution in [2.45, 2.75) is 24.8 Å². The summed E-state index contributed by atoms with van der Waals surface area (Å²) in [6, 6.07) is 0. The van der Waals surface area contributed by atoms with Crippen LogP contribution in [0.5, 0.6) is 0 Å². The Kier molecular flexibility index (Phi) is 1.97. The van der Waals surface area contributed by atoms with Crippen LogP contribution in [0.1, 0.15) is 25.2 Å². The van der Waals surface area contributed by atoms with Gasteiger partial charge in [-0.25, -0.2) is 4.98 Å². The van der Waals surface area contributed by atoms with Crippen molar-refractivity contribution < 1.29 is 4.52 Å². The monoisotopic (exact) mass is 217 g/mol. The van der Waals surface area contributed by atoms with E-state index in [1.807, 2.05) is 0 Å². The third-order valence-corrected chi connectivity index (χ3v) is 2.89. The second kappa shape index (κ2) is 3.34. The maximum atomic E-state index is 6.08. The third-order valence-electron chi connectivity index (χ3n) is 2.89. The fraction of sp³-hybridized carbons (Fsp3) is 0.400. The normalized spacial score (nSPS) is 18.1. The Bertz CT molecular complexity index is 491. The van der Waals surface area contributed by atoms with E-state index in [9.17, 15) is 0 Å². The van der Waals surface area contributed by atoms with E-state index in [1.54, 1.807) is 18.6 Å². The standard InChI is InChI=1S/C10H11N5O/c11-10(2-1-3-10)9-14-8(15-16-9)7-6-12-4-5-13-7/h4-6H,1-3,11H2. The van der Waals surface area contributed by atoms with Crippen LogP contribution in [-0.2, 0) is 5.54 Å². The first-order valence-corrected chi connectivity index (χ1v) is 5.17. The van der Waals surface area contributed by atoms with Crippen molar-refractivity contribution in [3.05, 3.63) is 24.5 Å². The quantitative estimate of drug-likeness (QED) is 0.802. The summed E-state index contributed by atoms with van der Waals surface area (Å²) in [5.74, 6) is 0.944. The molecule has 6 heteroatoms. The molecule has 0 saturated heterocycles. The fourth-order valence-corrected chi connectivity index (χ4v) is 1.72. The van der Waals surface area contributed by atoms with Crippen molar-refractivity contribution in [3.8, 4) is 11.5 Å². The van der Waals surface area contributed by atoms with Crippen molar-refractivity contribution in [1.82, 2.24) is 20.1 Å². The van der Waals surface area contributed by atoms with Gasteiger partial charge in [0.2, 0.25) is 11.7 Å². The van der Waals surface area contributed by atoms with E-state index < -0.39 is 5.54 Å². The Morgan fingerprint density at radius 1 is 1.31 bits per heavy atom. The average Bonchev–Trinajstić information content (AvgIpc) is 2.77. The Labute approximate surface area is 91.9 Å². The molecule has 0 bridgehead atoms. The van der Waals surface area contributed by atoms with Crippen LogP contribution in [0.2, 0.25) is 0 Å². The van der Waals surface area contributed by atoms with Gasteiger partial charge in [-0.1, -0.05) is 5.16 Å². The van der Waals surface area contributed by atoms with Crippen LogP contribution in [0.3, 0.4) is 0 Å². The highest BCUT2D eigenvalue weighted by Crippen LogP contribution is 2.38. The zero-order valence-electron chi connectivity index (χ0n) is 8.63.